The van der Waals surface area contributed by atoms with Crippen LogP contribution < -0.4 is 11.5 Å². The van der Waals surface area contributed by atoms with Gasteiger partial charge in [-0.05, 0) is 50.4 Å². The van der Waals surface area contributed by atoms with E-state index in [1.807, 2.05) is 0 Å². The van der Waals surface area contributed by atoms with Crippen molar-refractivity contribution >= 4 is 0 Å². The van der Waals surface area contributed by atoms with Crippen LogP contribution in [0, 0.1) is 11.8 Å². The van der Waals surface area contributed by atoms with Crippen molar-refractivity contribution < 1.29 is 0 Å². The SMILES string of the molecule is NC1CCC2CCC(N)CC2C1. The molecule has 2 atom stereocenters. The number of hydrogen-bond donors (Lipinski definition) is 2. The molecule has 0 radical (unpaired) electrons. The summed E-state index contributed by atoms with van der Waals surface area (Å²) in [5.41, 5.74) is 11.9. The van der Waals surface area contributed by atoms with Gasteiger partial charge in [-0.3, -0.25) is 0 Å². The summed E-state index contributed by atoms with van der Waals surface area (Å²) in [6, 6.07) is 0.938. The van der Waals surface area contributed by atoms with Gasteiger partial charge in [0.05, 0.1) is 0 Å². The van der Waals surface area contributed by atoms with Gasteiger partial charge in [0.15, 0.2) is 0 Å². The molecule has 70 valence electrons. The Balaban J connectivity index is 1.94. The van der Waals surface area contributed by atoms with Crippen LogP contribution in [0.15, 0.2) is 0 Å². The fourth-order valence-electron chi connectivity index (χ4n) is 2.97. The molecule has 2 aliphatic rings. The van der Waals surface area contributed by atoms with Gasteiger partial charge in [0.1, 0.15) is 0 Å². The molecule has 0 amide bonds. The van der Waals surface area contributed by atoms with E-state index in [9.17, 15) is 0 Å². The molecule has 2 saturated carbocycles. The molecule has 0 aromatic heterocycles. The summed E-state index contributed by atoms with van der Waals surface area (Å²) in [5, 5.41) is 0. The van der Waals surface area contributed by atoms with Crippen molar-refractivity contribution in [3.8, 4) is 0 Å². The van der Waals surface area contributed by atoms with E-state index in [2.05, 4.69) is 0 Å². The zero-order valence-electron chi connectivity index (χ0n) is 7.71. The van der Waals surface area contributed by atoms with Gasteiger partial charge in [-0.2, -0.15) is 0 Å². The maximum absolute atomic E-state index is 5.95. The average molecular weight is 168 g/mol. The summed E-state index contributed by atoms with van der Waals surface area (Å²) in [7, 11) is 0. The lowest BCUT2D eigenvalue weighted by Gasteiger charge is -2.40. The van der Waals surface area contributed by atoms with Crippen LogP contribution >= 0.6 is 0 Å². The molecular weight excluding hydrogens is 148 g/mol. The zero-order chi connectivity index (χ0) is 8.55. The molecule has 2 fully saturated rings. The predicted octanol–water partition coefficient (Wildman–Crippen LogP) is 1.24. The third kappa shape index (κ3) is 1.64. The van der Waals surface area contributed by atoms with E-state index in [0.717, 1.165) is 11.8 Å². The highest BCUT2D eigenvalue weighted by molar-refractivity contribution is 4.88. The van der Waals surface area contributed by atoms with E-state index in [1.54, 1.807) is 0 Å². The van der Waals surface area contributed by atoms with Crippen molar-refractivity contribution in [2.45, 2.75) is 50.6 Å². The minimum Gasteiger partial charge on any atom is -0.328 e. The molecule has 2 nitrogen and oxygen atoms in total. The molecule has 0 saturated heterocycles. The first-order valence-electron chi connectivity index (χ1n) is 5.27. The molecule has 0 heterocycles. The Bertz CT molecular complexity index is 142. The highest BCUT2D eigenvalue weighted by atomic mass is 14.7. The molecule has 2 heteroatoms. The van der Waals surface area contributed by atoms with Crippen LogP contribution in [-0.2, 0) is 0 Å². The van der Waals surface area contributed by atoms with Crippen molar-refractivity contribution in [3.05, 3.63) is 0 Å². The molecule has 12 heavy (non-hydrogen) atoms. The quantitative estimate of drug-likeness (QED) is 0.572. The van der Waals surface area contributed by atoms with E-state index in [0.29, 0.717) is 12.1 Å². The van der Waals surface area contributed by atoms with Crippen LogP contribution in [-0.4, -0.2) is 12.1 Å². The number of hydrogen-bond acceptors (Lipinski definition) is 2. The molecule has 0 aromatic carbocycles. The van der Waals surface area contributed by atoms with Gasteiger partial charge in [-0.15, -0.1) is 0 Å². The summed E-state index contributed by atoms with van der Waals surface area (Å²) < 4.78 is 0. The Morgan fingerprint density at radius 2 is 1.17 bits per heavy atom. The third-order valence-corrected chi connectivity index (χ3v) is 3.69. The Morgan fingerprint density at radius 3 is 1.67 bits per heavy atom. The topological polar surface area (TPSA) is 52.0 Å². The van der Waals surface area contributed by atoms with Gasteiger partial charge < -0.3 is 11.5 Å². The van der Waals surface area contributed by atoms with Gasteiger partial charge >= 0.3 is 0 Å². The standard InChI is InChI=1S/C10H20N2/c11-9-3-1-7-2-4-10(12)6-8(7)5-9/h7-10H,1-6,11-12H2. The van der Waals surface area contributed by atoms with E-state index in [4.69, 9.17) is 11.5 Å². The first-order chi connectivity index (χ1) is 5.75. The van der Waals surface area contributed by atoms with Gasteiger partial charge in [0.25, 0.3) is 0 Å². The number of nitrogens with two attached hydrogens (primary N) is 2. The van der Waals surface area contributed by atoms with Crippen molar-refractivity contribution in [2.75, 3.05) is 0 Å². The lowest BCUT2D eigenvalue weighted by molar-refractivity contribution is 0.144. The predicted molar refractivity (Wildman–Crippen MR) is 50.6 cm³/mol. The molecule has 4 N–H and O–H groups in total. The summed E-state index contributed by atoms with van der Waals surface area (Å²) in [6.07, 6.45) is 7.68. The second kappa shape index (κ2) is 3.35. The lowest BCUT2D eigenvalue weighted by Crippen LogP contribution is -2.40. The van der Waals surface area contributed by atoms with Crippen molar-refractivity contribution in [2.24, 2.45) is 23.3 Å². The van der Waals surface area contributed by atoms with Crippen molar-refractivity contribution in [1.82, 2.24) is 0 Å². The second-order valence-electron chi connectivity index (χ2n) is 4.67. The molecule has 0 aliphatic heterocycles. The summed E-state index contributed by atoms with van der Waals surface area (Å²) in [6.45, 7) is 0. The van der Waals surface area contributed by atoms with E-state index in [1.165, 1.54) is 38.5 Å². The monoisotopic (exact) mass is 168 g/mol. The van der Waals surface area contributed by atoms with Crippen molar-refractivity contribution in [3.63, 3.8) is 0 Å². The minimum absolute atomic E-state index is 0.469. The number of fused-ring (bicyclic) bond motifs is 1. The normalized spacial score (nSPS) is 48.5. The smallest absolute Gasteiger partial charge is 0.00416 e. The maximum Gasteiger partial charge on any atom is 0.00416 e. The molecule has 0 spiro atoms. The second-order valence-corrected chi connectivity index (χ2v) is 4.67. The third-order valence-electron chi connectivity index (χ3n) is 3.69. The van der Waals surface area contributed by atoms with E-state index in [-0.39, 0.29) is 0 Å². The van der Waals surface area contributed by atoms with Gasteiger partial charge in [0.2, 0.25) is 0 Å². The number of rotatable bonds is 0. The Morgan fingerprint density at radius 1 is 0.667 bits per heavy atom. The average Bonchev–Trinajstić information content (AvgIpc) is 2.03. The van der Waals surface area contributed by atoms with Crippen LogP contribution in [0.4, 0.5) is 0 Å². The van der Waals surface area contributed by atoms with Gasteiger partial charge in [-0.1, -0.05) is 0 Å². The molecule has 2 unspecified atom stereocenters. The lowest BCUT2D eigenvalue weighted by atomic mass is 9.68. The molecular formula is C10H20N2. The Kier molecular flexibility index (Phi) is 2.37. The highest BCUT2D eigenvalue weighted by Gasteiger charge is 2.33. The summed E-state index contributed by atoms with van der Waals surface area (Å²) in [5.74, 6) is 1.82. The van der Waals surface area contributed by atoms with Crippen LogP contribution in [0.5, 0.6) is 0 Å². The molecule has 2 rings (SSSR count). The van der Waals surface area contributed by atoms with Crippen LogP contribution in [0.1, 0.15) is 38.5 Å². The maximum atomic E-state index is 5.95. The first kappa shape index (κ1) is 8.52. The molecule has 2 aliphatic carbocycles. The fourth-order valence-corrected chi connectivity index (χ4v) is 2.97. The largest absolute Gasteiger partial charge is 0.328 e. The Labute approximate surface area is 74.7 Å². The molecule has 0 aromatic rings. The van der Waals surface area contributed by atoms with Crippen LogP contribution in [0.3, 0.4) is 0 Å². The van der Waals surface area contributed by atoms with Crippen LogP contribution in [0.25, 0.3) is 0 Å². The van der Waals surface area contributed by atoms with Crippen LogP contribution in [0.2, 0.25) is 0 Å². The Hall–Kier alpha value is -0.0800. The first-order valence-corrected chi connectivity index (χ1v) is 5.27. The fraction of sp³-hybridized carbons (Fsp3) is 1.00. The van der Waals surface area contributed by atoms with E-state index < -0.39 is 0 Å². The van der Waals surface area contributed by atoms with Crippen molar-refractivity contribution in [1.29, 1.82) is 0 Å². The summed E-state index contributed by atoms with van der Waals surface area (Å²) in [4.78, 5) is 0. The zero-order valence-corrected chi connectivity index (χ0v) is 7.71. The van der Waals surface area contributed by atoms with Gasteiger partial charge in [-0.25, -0.2) is 0 Å². The van der Waals surface area contributed by atoms with Gasteiger partial charge in [0, 0.05) is 12.1 Å². The molecule has 0 bridgehead atoms. The summed E-state index contributed by atoms with van der Waals surface area (Å²) >= 11 is 0. The highest BCUT2D eigenvalue weighted by Crippen LogP contribution is 2.39. The minimum atomic E-state index is 0.469. The van der Waals surface area contributed by atoms with E-state index >= 15 is 0 Å².